The number of hydrogen-bond acceptors (Lipinski definition) is 1. The summed E-state index contributed by atoms with van der Waals surface area (Å²) >= 11 is 0. The quantitative estimate of drug-likeness (QED) is 0.203. The Hall–Kier alpha value is -0.820. The van der Waals surface area contributed by atoms with E-state index in [-0.39, 0.29) is 0 Å². The van der Waals surface area contributed by atoms with Gasteiger partial charge in [-0.25, -0.2) is 0 Å². The molecule has 0 spiro atoms. The van der Waals surface area contributed by atoms with Gasteiger partial charge in [-0.15, -0.1) is 0 Å². The van der Waals surface area contributed by atoms with Crippen LogP contribution in [0.5, 0.6) is 0 Å². The summed E-state index contributed by atoms with van der Waals surface area (Å²) in [6.07, 6.45) is 24.4. The summed E-state index contributed by atoms with van der Waals surface area (Å²) in [7, 11) is 2.23. The van der Waals surface area contributed by atoms with Crippen molar-refractivity contribution in [1.29, 1.82) is 0 Å². The van der Waals surface area contributed by atoms with Crippen LogP contribution in [0, 0.1) is 0 Å². The van der Waals surface area contributed by atoms with Crippen molar-refractivity contribution in [3.63, 3.8) is 0 Å². The average Bonchev–Trinajstić information content (AvgIpc) is 2.73. The Bertz CT molecular complexity index is 414. The van der Waals surface area contributed by atoms with Gasteiger partial charge >= 0.3 is 0 Å². The summed E-state index contributed by atoms with van der Waals surface area (Å²) in [5.41, 5.74) is 1.50. The van der Waals surface area contributed by atoms with E-state index in [2.05, 4.69) is 49.2 Å². The number of rotatable bonds is 20. The molecule has 162 valence electrons. The van der Waals surface area contributed by atoms with Gasteiger partial charge in [0.15, 0.2) is 0 Å². The molecular weight excluding hydrogens is 338 g/mol. The van der Waals surface area contributed by atoms with Gasteiger partial charge in [-0.3, -0.25) is 0 Å². The van der Waals surface area contributed by atoms with Gasteiger partial charge in [0.2, 0.25) is 0 Å². The fraction of sp³-hybridized carbons (Fsp3) is 0.778. The minimum absolute atomic E-state index is 1.19. The van der Waals surface area contributed by atoms with Crippen LogP contribution in [0.25, 0.3) is 0 Å². The molecule has 0 aliphatic rings. The molecular formula is C27H49N. The van der Waals surface area contributed by atoms with E-state index in [1.165, 1.54) is 128 Å². The maximum atomic E-state index is 2.42. The lowest BCUT2D eigenvalue weighted by molar-refractivity contribution is 0.340. The molecule has 0 aliphatic heterocycles. The van der Waals surface area contributed by atoms with Gasteiger partial charge in [0, 0.05) is 0 Å². The number of nitrogens with zero attached hydrogens (tertiary/aromatic N) is 1. The lowest BCUT2D eigenvalue weighted by Crippen LogP contribution is -2.18. The number of hydrogen-bond donors (Lipinski definition) is 0. The Morgan fingerprint density at radius 3 is 1.36 bits per heavy atom. The summed E-state index contributed by atoms with van der Waals surface area (Å²) in [5, 5.41) is 0. The minimum atomic E-state index is 1.19. The van der Waals surface area contributed by atoms with Gasteiger partial charge in [0.1, 0.15) is 0 Å². The highest BCUT2D eigenvalue weighted by molar-refractivity contribution is 5.14. The third-order valence-corrected chi connectivity index (χ3v) is 6.14. The predicted molar refractivity (Wildman–Crippen MR) is 127 cm³/mol. The molecule has 0 radical (unpaired) electrons. The van der Waals surface area contributed by atoms with Gasteiger partial charge in [-0.05, 0) is 45.0 Å². The first-order chi connectivity index (χ1) is 13.8. The first kappa shape index (κ1) is 25.2. The Morgan fingerprint density at radius 1 is 0.536 bits per heavy atom. The van der Waals surface area contributed by atoms with Crippen molar-refractivity contribution < 1.29 is 0 Å². The highest BCUT2D eigenvalue weighted by Crippen LogP contribution is 2.14. The van der Waals surface area contributed by atoms with E-state index in [9.17, 15) is 0 Å². The fourth-order valence-electron chi connectivity index (χ4n) is 3.99. The first-order valence-electron chi connectivity index (χ1n) is 12.6. The molecule has 0 N–H and O–H groups in total. The molecule has 0 heterocycles. The van der Waals surface area contributed by atoms with Crippen molar-refractivity contribution >= 4 is 0 Å². The van der Waals surface area contributed by atoms with Crippen molar-refractivity contribution in [2.75, 3.05) is 20.1 Å². The van der Waals surface area contributed by atoms with Gasteiger partial charge in [-0.1, -0.05) is 127 Å². The van der Waals surface area contributed by atoms with Crippen LogP contribution in [0.4, 0.5) is 0 Å². The molecule has 1 aromatic carbocycles. The smallest absolute Gasteiger partial charge is 0.00219 e. The monoisotopic (exact) mass is 387 g/mol. The molecule has 0 aromatic heterocycles. The van der Waals surface area contributed by atoms with Crippen LogP contribution in [0.2, 0.25) is 0 Å². The Labute approximate surface area is 177 Å². The molecule has 0 saturated carbocycles. The molecule has 0 bridgehead atoms. The first-order valence-corrected chi connectivity index (χ1v) is 12.6. The molecule has 0 atom stereocenters. The van der Waals surface area contributed by atoms with Crippen molar-refractivity contribution in [1.82, 2.24) is 4.90 Å². The lowest BCUT2D eigenvalue weighted by atomic mass is 10.0. The molecule has 1 nitrogen and oxygen atoms in total. The van der Waals surface area contributed by atoms with E-state index in [1.54, 1.807) is 0 Å². The number of aryl methyl sites for hydroxylation is 1. The zero-order valence-corrected chi connectivity index (χ0v) is 19.3. The zero-order chi connectivity index (χ0) is 20.1. The summed E-state index contributed by atoms with van der Waals surface area (Å²) in [6.45, 7) is 4.72. The van der Waals surface area contributed by atoms with Gasteiger partial charge in [-0.2, -0.15) is 0 Å². The van der Waals surface area contributed by atoms with Crippen LogP contribution in [-0.2, 0) is 6.42 Å². The van der Waals surface area contributed by atoms with Gasteiger partial charge < -0.3 is 4.90 Å². The Morgan fingerprint density at radius 2 is 0.929 bits per heavy atom. The largest absolute Gasteiger partial charge is 0.307 e. The maximum absolute atomic E-state index is 2.42. The van der Waals surface area contributed by atoms with E-state index in [0.29, 0.717) is 0 Å². The second kappa shape index (κ2) is 19.5. The van der Waals surface area contributed by atoms with E-state index < -0.39 is 0 Å². The highest BCUT2D eigenvalue weighted by atomic mass is 15.1. The van der Waals surface area contributed by atoms with E-state index in [0.717, 1.165) is 0 Å². The van der Waals surface area contributed by atoms with Crippen molar-refractivity contribution in [3.05, 3.63) is 35.9 Å². The zero-order valence-electron chi connectivity index (χ0n) is 19.3. The minimum Gasteiger partial charge on any atom is -0.307 e. The average molecular weight is 388 g/mol. The normalized spacial score (nSPS) is 11.4. The van der Waals surface area contributed by atoms with Crippen molar-refractivity contribution in [3.8, 4) is 0 Å². The predicted octanol–water partition coefficient (Wildman–Crippen LogP) is 8.42. The van der Waals surface area contributed by atoms with Crippen LogP contribution in [0.3, 0.4) is 0 Å². The van der Waals surface area contributed by atoms with Crippen LogP contribution >= 0.6 is 0 Å². The molecule has 0 unspecified atom stereocenters. The van der Waals surface area contributed by atoms with Crippen molar-refractivity contribution in [2.45, 2.75) is 116 Å². The van der Waals surface area contributed by atoms with E-state index >= 15 is 0 Å². The summed E-state index contributed by atoms with van der Waals surface area (Å²) in [5.74, 6) is 0. The van der Waals surface area contributed by atoms with Gasteiger partial charge in [0.25, 0.3) is 0 Å². The van der Waals surface area contributed by atoms with Crippen LogP contribution in [0.1, 0.15) is 115 Å². The molecule has 0 fully saturated rings. The van der Waals surface area contributed by atoms with Crippen LogP contribution in [-0.4, -0.2) is 25.0 Å². The fourth-order valence-corrected chi connectivity index (χ4v) is 3.99. The lowest BCUT2D eigenvalue weighted by Gasteiger charge is -2.12. The number of benzene rings is 1. The highest BCUT2D eigenvalue weighted by Gasteiger charge is 1.97. The second-order valence-corrected chi connectivity index (χ2v) is 8.79. The topological polar surface area (TPSA) is 3.24 Å². The van der Waals surface area contributed by atoms with Crippen LogP contribution in [0.15, 0.2) is 30.3 Å². The van der Waals surface area contributed by atoms with E-state index in [4.69, 9.17) is 0 Å². The Kier molecular flexibility index (Phi) is 17.6. The maximum Gasteiger partial charge on any atom is -0.00219 e. The Balaban J connectivity index is 1.69. The molecule has 0 saturated heterocycles. The third kappa shape index (κ3) is 16.2. The molecule has 1 aromatic rings. The SMILES string of the molecule is CCN(C)CCCCCCCCCCCCCCCCCCc1ccccc1. The van der Waals surface area contributed by atoms with Crippen molar-refractivity contribution in [2.24, 2.45) is 0 Å². The summed E-state index contributed by atoms with van der Waals surface area (Å²) in [4.78, 5) is 2.42. The molecule has 0 aliphatic carbocycles. The summed E-state index contributed by atoms with van der Waals surface area (Å²) in [6, 6.07) is 10.9. The van der Waals surface area contributed by atoms with Crippen LogP contribution < -0.4 is 0 Å². The number of unbranched alkanes of at least 4 members (excludes halogenated alkanes) is 15. The summed E-state index contributed by atoms with van der Waals surface area (Å²) < 4.78 is 0. The molecule has 1 heteroatoms. The standard InChI is InChI=1S/C27H49N/c1-3-28(2)26-22-17-15-13-11-9-7-5-4-6-8-10-12-14-16-19-23-27-24-20-18-21-25-27/h18,20-21,24-25H,3-17,19,22-23,26H2,1-2H3. The third-order valence-electron chi connectivity index (χ3n) is 6.14. The second-order valence-electron chi connectivity index (χ2n) is 8.79. The molecule has 28 heavy (non-hydrogen) atoms. The molecule has 1 rings (SSSR count). The van der Waals surface area contributed by atoms with E-state index in [1.807, 2.05) is 0 Å². The van der Waals surface area contributed by atoms with Gasteiger partial charge in [0.05, 0.1) is 0 Å². The molecule has 0 amide bonds.